The quantitative estimate of drug-likeness (QED) is 0.610. The van der Waals surface area contributed by atoms with Crippen molar-refractivity contribution in [1.82, 2.24) is 10.2 Å². The topological polar surface area (TPSA) is 78.9 Å². The average molecular weight is 230 g/mol. The average Bonchev–Trinajstić information content (AvgIpc) is 2.29. The summed E-state index contributed by atoms with van der Waals surface area (Å²) in [5.41, 5.74) is 0. The normalized spacial score (nSPS) is 20.8. The summed E-state index contributed by atoms with van der Waals surface area (Å²) in [6.45, 7) is 1.96. The van der Waals surface area contributed by atoms with Gasteiger partial charge in [-0.05, 0) is 6.42 Å². The Morgan fingerprint density at radius 3 is 2.94 bits per heavy atom. The minimum atomic E-state index is -0.952. The van der Waals surface area contributed by atoms with Crippen LogP contribution in [0.5, 0.6) is 0 Å². The van der Waals surface area contributed by atoms with Crippen molar-refractivity contribution in [2.24, 2.45) is 0 Å². The fourth-order valence-electron chi connectivity index (χ4n) is 1.73. The molecule has 1 amide bonds. The lowest BCUT2D eigenvalue weighted by Gasteiger charge is -2.33. The van der Waals surface area contributed by atoms with Crippen LogP contribution in [-0.2, 0) is 14.3 Å². The van der Waals surface area contributed by atoms with Gasteiger partial charge in [0.25, 0.3) is 0 Å². The number of amides is 1. The third kappa shape index (κ3) is 3.46. The first-order valence-electron chi connectivity index (χ1n) is 5.38. The molecule has 1 saturated heterocycles. The first kappa shape index (κ1) is 12.9. The van der Waals surface area contributed by atoms with Crippen LogP contribution in [0.15, 0.2) is 0 Å². The highest BCUT2D eigenvalue weighted by Crippen LogP contribution is 2.07. The predicted molar refractivity (Wildman–Crippen MR) is 57.1 cm³/mol. The minimum absolute atomic E-state index is 0.106. The van der Waals surface area contributed by atoms with Gasteiger partial charge in [-0.1, -0.05) is 0 Å². The number of rotatable bonds is 5. The van der Waals surface area contributed by atoms with E-state index >= 15 is 0 Å². The van der Waals surface area contributed by atoms with Gasteiger partial charge in [-0.25, -0.2) is 4.79 Å². The molecule has 2 N–H and O–H groups in total. The number of nitrogens with zero attached hydrogens (tertiary/aromatic N) is 1. The van der Waals surface area contributed by atoms with E-state index in [1.54, 1.807) is 7.11 Å². The standard InChI is InChI=1S/C10H18N2O4/c1-16-6-2-3-9(13)12-5-4-11-7-8(12)10(14)15/h8,11H,2-7H2,1H3,(H,14,15). The second-order valence-corrected chi connectivity index (χ2v) is 3.74. The SMILES string of the molecule is COCCCC(=O)N1CCNCC1C(=O)O. The molecule has 1 atom stereocenters. The summed E-state index contributed by atoms with van der Waals surface area (Å²) >= 11 is 0. The molecular formula is C10H18N2O4. The summed E-state index contributed by atoms with van der Waals surface area (Å²) in [6.07, 6.45) is 0.975. The summed E-state index contributed by atoms with van der Waals surface area (Å²) in [5.74, 6) is -1.06. The van der Waals surface area contributed by atoms with Crippen molar-refractivity contribution < 1.29 is 19.4 Å². The van der Waals surface area contributed by atoms with Crippen LogP contribution in [0.4, 0.5) is 0 Å². The molecule has 0 aromatic rings. The van der Waals surface area contributed by atoms with Gasteiger partial charge in [-0.2, -0.15) is 0 Å². The Balaban J connectivity index is 2.47. The summed E-state index contributed by atoms with van der Waals surface area (Å²) < 4.78 is 4.85. The van der Waals surface area contributed by atoms with Crippen molar-refractivity contribution in [3.63, 3.8) is 0 Å². The van der Waals surface area contributed by atoms with E-state index in [9.17, 15) is 9.59 Å². The number of aliphatic carboxylic acids is 1. The number of nitrogens with one attached hydrogen (secondary N) is 1. The van der Waals surface area contributed by atoms with E-state index in [1.165, 1.54) is 4.90 Å². The summed E-state index contributed by atoms with van der Waals surface area (Å²) in [5, 5.41) is 11.9. The fourth-order valence-corrected chi connectivity index (χ4v) is 1.73. The lowest BCUT2D eigenvalue weighted by Crippen LogP contribution is -2.56. The molecule has 1 unspecified atom stereocenters. The highest BCUT2D eigenvalue weighted by atomic mass is 16.5. The number of carboxylic acid groups (broad SMARTS) is 1. The molecule has 1 rings (SSSR count). The molecule has 0 bridgehead atoms. The van der Waals surface area contributed by atoms with Gasteiger partial charge in [-0.15, -0.1) is 0 Å². The summed E-state index contributed by atoms with van der Waals surface area (Å²) in [4.78, 5) is 24.1. The Kier molecular flexibility index (Phi) is 5.21. The van der Waals surface area contributed by atoms with Gasteiger partial charge in [-0.3, -0.25) is 4.79 Å². The Hall–Kier alpha value is -1.14. The van der Waals surface area contributed by atoms with Crippen LogP contribution in [0.1, 0.15) is 12.8 Å². The maximum absolute atomic E-state index is 11.8. The van der Waals surface area contributed by atoms with Gasteiger partial charge in [0.1, 0.15) is 6.04 Å². The molecule has 1 aliphatic rings. The lowest BCUT2D eigenvalue weighted by molar-refractivity contribution is -0.151. The number of ether oxygens (including phenoxy) is 1. The number of hydrogen-bond donors (Lipinski definition) is 2. The fraction of sp³-hybridized carbons (Fsp3) is 0.800. The molecule has 0 aromatic heterocycles. The molecule has 1 heterocycles. The van der Waals surface area contributed by atoms with E-state index in [2.05, 4.69) is 5.32 Å². The van der Waals surface area contributed by atoms with Crippen LogP contribution in [0, 0.1) is 0 Å². The number of piperazine rings is 1. The van der Waals surface area contributed by atoms with Gasteiger partial charge in [0.2, 0.25) is 5.91 Å². The highest BCUT2D eigenvalue weighted by molar-refractivity contribution is 5.84. The lowest BCUT2D eigenvalue weighted by atomic mass is 10.1. The van der Waals surface area contributed by atoms with Crippen molar-refractivity contribution in [2.75, 3.05) is 33.4 Å². The molecular weight excluding hydrogens is 212 g/mol. The summed E-state index contributed by atoms with van der Waals surface area (Å²) in [6, 6.07) is -0.733. The largest absolute Gasteiger partial charge is 0.480 e. The second-order valence-electron chi connectivity index (χ2n) is 3.74. The summed E-state index contributed by atoms with van der Waals surface area (Å²) in [7, 11) is 1.58. The van der Waals surface area contributed by atoms with E-state index < -0.39 is 12.0 Å². The van der Waals surface area contributed by atoms with Gasteiger partial charge >= 0.3 is 5.97 Å². The number of methoxy groups -OCH3 is 1. The third-order valence-electron chi connectivity index (χ3n) is 2.59. The van der Waals surface area contributed by atoms with Crippen LogP contribution < -0.4 is 5.32 Å². The van der Waals surface area contributed by atoms with Gasteiger partial charge < -0.3 is 20.1 Å². The first-order valence-corrected chi connectivity index (χ1v) is 5.38. The molecule has 6 nitrogen and oxygen atoms in total. The van der Waals surface area contributed by atoms with Crippen molar-refractivity contribution in [3.05, 3.63) is 0 Å². The Bertz CT molecular complexity index is 257. The molecule has 0 radical (unpaired) electrons. The van der Waals surface area contributed by atoms with Crippen LogP contribution in [0.25, 0.3) is 0 Å². The molecule has 0 aromatic carbocycles. The number of hydrogen-bond acceptors (Lipinski definition) is 4. The maximum Gasteiger partial charge on any atom is 0.327 e. The predicted octanol–water partition coefficient (Wildman–Crippen LogP) is -0.702. The van der Waals surface area contributed by atoms with E-state index in [0.717, 1.165) is 0 Å². The number of carbonyl (C=O) groups is 2. The van der Waals surface area contributed by atoms with E-state index in [0.29, 0.717) is 39.1 Å². The monoisotopic (exact) mass is 230 g/mol. The zero-order valence-corrected chi connectivity index (χ0v) is 9.44. The van der Waals surface area contributed by atoms with Gasteiger partial charge in [0.05, 0.1) is 0 Å². The van der Waals surface area contributed by atoms with E-state index in [4.69, 9.17) is 9.84 Å². The molecule has 0 saturated carbocycles. The molecule has 0 aliphatic carbocycles. The molecule has 1 aliphatic heterocycles. The zero-order valence-electron chi connectivity index (χ0n) is 9.44. The van der Waals surface area contributed by atoms with Crippen molar-refractivity contribution >= 4 is 11.9 Å². The Morgan fingerprint density at radius 2 is 2.31 bits per heavy atom. The van der Waals surface area contributed by atoms with Gasteiger partial charge in [0.15, 0.2) is 0 Å². The zero-order chi connectivity index (χ0) is 12.0. The third-order valence-corrected chi connectivity index (χ3v) is 2.59. The Labute approximate surface area is 94.6 Å². The van der Waals surface area contributed by atoms with Crippen LogP contribution in [0.3, 0.4) is 0 Å². The number of carboxylic acids is 1. The van der Waals surface area contributed by atoms with Crippen molar-refractivity contribution in [2.45, 2.75) is 18.9 Å². The number of carbonyl (C=O) groups excluding carboxylic acids is 1. The first-order chi connectivity index (χ1) is 7.66. The van der Waals surface area contributed by atoms with Crippen LogP contribution in [0.2, 0.25) is 0 Å². The minimum Gasteiger partial charge on any atom is -0.480 e. The van der Waals surface area contributed by atoms with E-state index in [1.807, 2.05) is 0 Å². The van der Waals surface area contributed by atoms with Crippen LogP contribution >= 0.6 is 0 Å². The van der Waals surface area contributed by atoms with E-state index in [-0.39, 0.29) is 5.91 Å². The molecule has 92 valence electrons. The molecule has 1 fully saturated rings. The molecule has 6 heteroatoms. The smallest absolute Gasteiger partial charge is 0.327 e. The van der Waals surface area contributed by atoms with Gasteiger partial charge in [0, 0.05) is 39.8 Å². The molecule has 0 spiro atoms. The van der Waals surface area contributed by atoms with Crippen molar-refractivity contribution in [3.8, 4) is 0 Å². The highest BCUT2D eigenvalue weighted by Gasteiger charge is 2.31. The second kappa shape index (κ2) is 6.44. The Morgan fingerprint density at radius 1 is 1.56 bits per heavy atom. The van der Waals surface area contributed by atoms with Crippen LogP contribution in [-0.4, -0.2) is 61.3 Å². The maximum atomic E-state index is 11.8. The van der Waals surface area contributed by atoms with Crippen molar-refractivity contribution in [1.29, 1.82) is 0 Å². The molecule has 16 heavy (non-hydrogen) atoms.